The third-order valence-corrected chi connectivity index (χ3v) is 2.15. The van der Waals surface area contributed by atoms with E-state index in [0.717, 1.165) is 0 Å². The van der Waals surface area contributed by atoms with E-state index < -0.39 is 0 Å². The van der Waals surface area contributed by atoms with Gasteiger partial charge in [0.1, 0.15) is 8.42 Å². The number of rotatable bonds is 1. The zero-order valence-corrected chi connectivity index (χ0v) is 8.95. The predicted octanol–water partition coefficient (Wildman–Crippen LogP) is 2.79. The van der Waals surface area contributed by atoms with E-state index in [0.29, 0.717) is 11.1 Å². The summed E-state index contributed by atoms with van der Waals surface area (Å²) in [6.07, 6.45) is 0.0443. The Morgan fingerprint density at radius 3 is 2.60 bits per heavy atom. The third-order valence-electron chi connectivity index (χ3n) is 2.15. The van der Waals surface area contributed by atoms with Gasteiger partial charge >= 0.3 is 0 Å². The van der Waals surface area contributed by atoms with E-state index in [1.165, 1.54) is 4.57 Å². The van der Waals surface area contributed by atoms with Crippen LogP contribution >= 0.6 is 0 Å². The normalized spacial score (nSPS) is 16.9. The van der Waals surface area contributed by atoms with Gasteiger partial charge in [0.05, 0.1) is 8.22 Å². The molecule has 0 unspecified atom stereocenters. The molecule has 0 aliphatic heterocycles. The van der Waals surface area contributed by atoms with Crippen LogP contribution in [-0.4, -0.2) is 0 Å². The molecule has 2 aromatic rings. The van der Waals surface area contributed by atoms with E-state index >= 15 is 0 Å². The Morgan fingerprint density at radius 1 is 1.07 bits per heavy atom. The van der Waals surface area contributed by atoms with E-state index in [9.17, 15) is 0 Å². The zero-order valence-electron chi connectivity index (χ0n) is 15.9. The van der Waals surface area contributed by atoms with E-state index in [1.807, 2.05) is 0 Å². The molecule has 0 aliphatic carbocycles. The number of hydrogen-bond donors (Lipinski definition) is 0. The fourth-order valence-electron chi connectivity index (χ4n) is 1.41. The summed E-state index contributed by atoms with van der Waals surface area (Å²) in [5, 5.41) is 0. The second-order valence-corrected chi connectivity index (χ2v) is 3.39. The number of pyridine rings is 1. The molecule has 1 nitrogen and oxygen atoms in total. The SMILES string of the molecule is [2H]c1c([2H])c([2H])c(-c2c([2H])c([2H])c(C)c([2H])[n+]2C)c(C)c1[2H]. The smallest absolute Gasteiger partial charge is 0.201 e. The van der Waals surface area contributed by atoms with Gasteiger partial charge in [-0.15, -0.1) is 0 Å². The highest BCUT2D eigenvalue weighted by molar-refractivity contribution is 5.60. The van der Waals surface area contributed by atoms with Crippen LogP contribution in [0.15, 0.2) is 42.4 Å². The molecule has 1 heteroatoms. The lowest BCUT2D eigenvalue weighted by Crippen LogP contribution is -2.30. The van der Waals surface area contributed by atoms with Crippen LogP contribution in [0.1, 0.15) is 20.7 Å². The molecule has 15 heavy (non-hydrogen) atoms. The van der Waals surface area contributed by atoms with E-state index in [2.05, 4.69) is 0 Å². The van der Waals surface area contributed by atoms with Crippen molar-refractivity contribution in [3.63, 3.8) is 0 Å². The van der Waals surface area contributed by atoms with E-state index in [-0.39, 0.29) is 53.7 Å². The van der Waals surface area contributed by atoms with Crippen LogP contribution in [0.5, 0.6) is 0 Å². The minimum absolute atomic E-state index is 0.0443. The fourth-order valence-corrected chi connectivity index (χ4v) is 1.41. The Balaban J connectivity index is 3.03. The maximum absolute atomic E-state index is 8.15. The molecule has 0 fully saturated rings. The first-order chi connectivity index (χ1) is 10.1. The number of benzene rings is 1. The standard InChI is InChI=1S/C14H16N/c1-11-8-9-14(15(3)10-11)13-7-5-4-6-12(13)2/h4-10H,1-3H3/q+1/i4D,5D,6D,7D,8D,9D,10D. The summed E-state index contributed by atoms with van der Waals surface area (Å²) in [5.41, 5.74) is 0.984. The maximum atomic E-state index is 8.15. The summed E-state index contributed by atoms with van der Waals surface area (Å²) in [6.45, 7) is 3.14. The van der Waals surface area contributed by atoms with Crippen molar-refractivity contribution >= 4 is 0 Å². The summed E-state index contributed by atoms with van der Waals surface area (Å²) < 4.78 is 57.0. The van der Waals surface area contributed by atoms with Crippen LogP contribution in [0.2, 0.25) is 0 Å². The van der Waals surface area contributed by atoms with Crippen molar-refractivity contribution in [3.8, 4) is 11.3 Å². The van der Waals surface area contributed by atoms with Crippen molar-refractivity contribution in [1.82, 2.24) is 0 Å². The van der Waals surface area contributed by atoms with Gasteiger partial charge in [-0.05, 0) is 31.5 Å². The summed E-state index contributed by atoms with van der Waals surface area (Å²) >= 11 is 0. The Morgan fingerprint density at radius 2 is 1.80 bits per heavy atom. The van der Waals surface area contributed by atoms with Gasteiger partial charge in [0.15, 0.2) is 6.17 Å². The molecular formula is C14H16N+. The zero-order chi connectivity index (χ0) is 16.9. The Hall–Kier alpha value is -1.63. The molecular weight excluding hydrogens is 182 g/mol. The molecule has 1 aromatic carbocycles. The quantitative estimate of drug-likeness (QED) is 0.630. The largest absolute Gasteiger partial charge is 0.212 e. The Bertz CT molecular complexity index is 673. The Labute approximate surface area is 101 Å². The first-order valence-corrected chi connectivity index (χ1v) is 4.64. The maximum Gasteiger partial charge on any atom is 0.212 e. The molecule has 0 aliphatic rings. The van der Waals surface area contributed by atoms with Gasteiger partial charge in [-0.1, -0.05) is 18.1 Å². The van der Waals surface area contributed by atoms with Gasteiger partial charge in [-0.3, -0.25) is 0 Å². The van der Waals surface area contributed by atoms with Gasteiger partial charge in [-0.25, -0.2) is 4.57 Å². The highest BCUT2D eigenvalue weighted by atomic mass is 14.9. The number of aromatic nitrogens is 1. The second kappa shape index (κ2) is 3.85. The molecule has 1 aromatic heterocycles. The van der Waals surface area contributed by atoms with Gasteiger partial charge in [0.2, 0.25) is 5.69 Å². The van der Waals surface area contributed by atoms with Crippen LogP contribution in [0.4, 0.5) is 0 Å². The molecule has 0 radical (unpaired) electrons. The predicted molar refractivity (Wildman–Crippen MR) is 62.5 cm³/mol. The van der Waals surface area contributed by atoms with Crippen LogP contribution < -0.4 is 4.57 Å². The molecule has 0 N–H and O–H groups in total. The fraction of sp³-hybridized carbons (Fsp3) is 0.214. The van der Waals surface area contributed by atoms with Gasteiger partial charge in [0.25, 0.3) is 0 Å². The topological polar surface area (TPSA) is 3.88 Å². The molecule has 1 heterocycles. The first kappa shape index (κ1) is 4.48. The molecule has 0 saturated carbocycles. The molecule has 0 atom stereocenters. The second-order valence-electron chi connectivity index (χ2n) is 3.39. The van der Waals surface area contributed by atoms with Crippen molar-refractivity contribution in [2.45, 2.75) is 13.8 Å². The lowest BCUT2D eigenvalue weighted by atomic mass is 10.0. The first-order valence-electron chi connectivity index (χ1n) is 8.14. The lowest BCUT2D eigenvalue weighted by molar-refractivity contribution is -0.660. The summed E-state index contributed by atoms with van der Waals surface area (Å²) in [6, 6.07) is -1.40. The number of hydrogen-bond acceptors (Lipinski definition) is 0. The molecule has 0 saturated heterocycles. The lowest BCUT2D eigenvalue weighted by Gasteiger charge is -2.03. The van der Waals surface area contributed by atoms with Crippen molar-refractivity contribution in [2.75, 3.05) is 0 Å². The van der Waals surface area contributed by atoms with Crippen molar-refractivity contribution in [3.05, 3.63) is 53.6 Å². The van der Waals surface area contributed by atoms with Gasteiger partial charge < -0.3 is 0 Å². The highest BCUT2D eigenvalue weighted by Gasteiger charge is 2.10. The summed E-state index contributed by atoms with van der Waals surface area (Å²) in [7, 11) is 1.56. The van der Waals surface area contributed by atoms with Gasteiger partial charge in [0, 0.05) is 17.2 Å². The average Bonchev–Trinajstić information content (AvgIpc) is 2.50. The van der Waals surface area contributed by atoms with Crippen molar-refractivity contribution in [1.29, 1.82) is 0 Å². The Kier molecular flexibility index (Phi) is 1.15. The van der Waals surface area contributed by atoms with E-state index in [4.69, 9.17) is 9.60 Å². The highest BCUT2D eigenvalue weighted by Crippen LogP contribution is 2.19. The van der Waals surface area contributed by atoms with Crippen LogP contribution in [0, 0.1) is 13.8 Å². The average molecular weight is 205 g/mol. The third kappa shape index (κ3) is 1.91. The molecule has 76 valence electrons. The number of nitrogens with zero attached hydrogens (tertiary/aromatic N) is 1. The summed E-state index contributed by atoms with van der Waals surface area (Å²) in [4.78, 5) is 0. The molecule has 2 rings (SSSR count). The molecule has 0 amide bonds. The van der Waals surface area contributed by atoms with Crippen LogP contribution in [0.25, 0.3) is 11.3 Å². The van der Waals surface area contributed by atoms with Crippen LogP contribution in [-0.2, 0) is 7.05 Å². The monoisotopic (exact) mass is 205 g/mol. The van der Waals surface area contributed by atoms with Crippen molar-refractivity contribution in [2.24, 2.45) is 7.05 Å². The molecule has 0 spiro atoms. The van der Waals surface area contributed by atoms with Crippen LogP contribution in [0.3, 0.4) is 0 Å². The van der Waals surface area contributed by atoms with Crippen molar-refractivity contribution < 1.29 is 14.2 Å². The van der Waals surface area contributed by atoms with E-state index in [1.54, 1.807) is 20.9 Å². The minimum atomic E-state index is -0.386. The minimum Gasteiger partial charge on any atom is -0.201 e. The molecule has 0 bridgehead atoms. The van der Waals surface area contributed by atoms with Gasteiger partial charge in [-0.2, -0.15) is 0 Å². The summed E-state index contributed by atoms with van der Waals surface area (Å²) in [5.74, 6) is 0.